The van der Waals surface area contributed by atoms with Gasteiger partial charge in [-0.2, -0.15) is 0 Å². The molecular formula is C18H36BO9P-. The van der Waals surface area contributed by atoms with E-state index in [9.17, 15) is 14.8 Å². The fraction of sp³-hybridized carbons (Fsp3) is 1.00. The van der Waals surface area contributed by atoms with E-state index in [0.717, 1.165) is 0 Å². The minimum atomic E-state index is -3.56. The first-order valence-corrected chi connectivity index (χ1v) is 12.2. The summed E-state index contributed by atoms with van der Waals surface area (Å²) in [5, 5.41) is 20.7. The average Bonchev–Trinajstić information content (AvgIpc) is 3.02. The number of hydrogen-bond acceptors (Lipinski definition) is 9. The van der Waals surface area contributed by atoms with Gasteiger partial charge in [0.1, 0.15) is 44.1 Å². The maximum absolute atomic E-state index is 12.9. The van der Waals surface area contributed by atoms with E-state index < -0.39 is 56.3 Å². The Bertz CT molecular complexity index is 563. The van der Waals surface area contributed by atoms with Crippen LogP contribution in [0.5, 0.6) is 0 Å². The summed E-state index contributed by atoms with van der Waals surface area (Å²) in [6.45, 7) is 11.1. The summed E-state index contributed by atoms with van der Waals surface area (Å²) in [6.07, 6.45) is -5.32. The monoisotopic (exact) mass is 438 g/mol. The van der Waals surface area contributed by atoms with Crippen molar-refractivity contribution in [3.63, 3.8) is 0 Å². The normalized spacial score (nSPS) is 40.1. The van der Waals surface area contributed by atoms with Crippen LogP contribution in [0.1, 0.15) is 41.5 Å². The van der Waals surface area contributed by atoms with Crippen LogP contribution in [-0.4, -0.2) is 92.0 Å². The van der Waals surface area contributed by atoms with Crippen LogP contribution < -0.4 is 0 Å². The molecule has 0 amide bonds. The van der Waals surface area contributed by atoms with Crippen LogP contribution in [0.2, 0.25) is 0 Å². The van der Waals surface area contributed by atoms with Crippen LogP contribution in [0.15, 0.2) is 0 Å². The molecule has 2 aliphatic rings. The summed E-state index contributed by atoms with van der Waals surface area (Å²) >= 11 is 0. The summed E-state index contributed by atoms with van der Waals surface area (Å²) in [7, 11) is -2.21. The molecule has 0 aromatic heterocycles. The molecule has 0 saturated carbocycles. The van der Waals surface area contributed by atoms with Gasteiger partial charge in [-0.25, -0.2) is 0 Å². The van der Waals surface area contributed by atoms with Gasteiger partial charge >= 0.3 is 0 Å². The van der Waals surface area contributed by atoms with Crippen molar-refractivity contribution >= 4 is 15.0 Å². The van der Waals surface area contributed by atoms with Gasteiger partial charge in [-0.1, -0.05) is 0 Å². The Hall–Kier alpha value is -0.0251. The fourth-order valence-electron chi connectivity index (χ4n) is 3.47. The largest absolute Gasteiger partial charge is 0.388 e. The van der Waals surface area contributed by atoms with Crippen LogP contribution >= 0.6 is 7.47 Å². The first-order chi connectivity index (χ1) is 13.4. The average molecular weight is 438 g/mol. The van der Waals surface area contributed by atoms with E-state index in [1.54, 1.807) is 13.8 Å². The standard InChI is InChI=1S/C18H36BO9P/c1-9(2)23-7-13-18(16(21)12(6)26-13)28-29(19,22)24-8-14-17(25-10(3)4)15(20)11(5)27-14/h9-18,20-21H,7-8,19H2,1-6H3/q-1/t11-,12-,13+,14+,15+,16+,17?,18?,29?/m0/s1. The molecule has 9 atom stereocenters. The third-order valence-electron chi connectivity index (χ3n) is 4.96. The van der Waals surface area contributed by atoms with E-state index in [1.807, 2.05) is 27.7 Å². The molecule has 2 saturated heterocycles. The second kappa shape index (κ2) is 10.5. The molecule has 2 fully saturated rings. The highest BCUT2D eigenvalue weighted by Gasteiger charge is 2.45. The molecular weight excluding hydrogens is 402 g/mol. The van der Waals surface area contributed by atoms with Gasteiger partial charge in [0.15, 0.2) is 0 Å². The zero-order valence-corrected chi connectivity index (χ0v) is 19.3. The fourth-order valence-corrected chi connectivity index (χ4v) is 4.65. The summed E-state index contributed by atoms with van der Waals surface area (Å²) in [5.41, 5.74) is 0. The molecule has 29 heavy (non-hydrogen) atoms. The lowest BCUT2D eigenvalue weighted by atomic mass is 10.1. The predicted molar refractivity (Wildman–Crippen MR) is 109 cm³/mol. The molecule has 1 radical (unpaired) electrons. The van der Waals surface area contributed by atoms with Crippen LogP contribution in [-0.2, 0) is 32.6 Å². The highest BCUT2D eigenvalue weighted by Crippen LogP contribution is 2.47. The number of aliphatic hydroxyl groups excluding tert-OH is 2. The molecule has 0 bridgehead atoms. The van der Waals surface area contributed by atoms with Gasteiger partial charge in [0, 0.05) is 0 Å². The smallest absolute Gasteiger partial charge is 0.121 e. The van der Waals surface area contributed by atoms with Gasteiger partial charge in [-0.3, -0.25) is 0 Å². The summed E-state index contributed by atoms with van der Waals surface area (Å²) in [5.74, 6) is 0. The molecule has 2 N–H and O–H groups in total. The first-order valence-electron chi connectivity index (χ1n) is 10.3. The molecule has 2 aliphatic heterocycles. The Morgan fingerprint density at radius 1 is 0.931 bits per heavy atom. The zero-order valence-electron chi connectivity index (χ0n) is 18.4. The van der Waals surface area contributed by atoms with Gasteiger partial charge in [0.25, 0.3) is 0 Å². The van der Waals surface area contributed by atoms with Gasteiger partial charge in [-0.05, 0) is 49.1 Å². The Balaban J connectivity index is 1.96. The Morgan fingerprint density at radius 3 is 1.97 bits per heavy atom. The van der Waals surface area contributed by atoms with Gasteiger partial charge in [0.05, 0.1) is 37.6 Å². The Labute approximate surface area is 174 Å². The van der Waals surface area contributed by atoms with Crippen molar-refractivity contribution in [2.45, 2.75) is 103 Å². The molecule has 171 valence electrons. The van der Waals surface area contributed by atoms with Crippen LogP contribution in [0.3, 0.4) is 0 Å². The maximum Gasteiger partial charge on any atom is 0.121 e. The third-order valence-corrected chi connectivity index (χ3v) is 6.20. The first kappa shape index (κ1) is 25.2. The zero-order chi connectivity index (χ0) is 21.9. The van der Waals surface area contributed by atoms with Crippen molar-refractivity contribution in [1.29, 1.82) is 0 Å². The quantitative estimate of drug-likeness (QED) is 0.375. The van der Waals surface area contributed by atoms with Crippen molar-refractivity contribution in [2.75, 3.05) is 13.2 Å². The van der Waals surface area contributed by atoms with E-state index in [1.165, 1.54) is 7.57 Å². The van der Waals surface area contributed by atoms with E-state index in [4.69, 9.17) is 28.0 Å². The number of rotatable bonds is 10. The van der Waals surface area contributed by atoms with Gasteiger partial charge in [0.2, 0.25) is 0 Å². The summed E-state index contributed by atoms with van der Waals surface area (Å²) in [4.78, 5) is 0. The van der Waals surface area contributed by atoms with Crippen molar-refractivity contribution in [2.24, 2.45) is 0 Å². The molecule has 0 aromatic carbocycles. The minimum absolute atomic E-state index is 0.0113. The topological polar surface area (TPSA) is 113 Å². The molecule has 0 aromatic rings. The number of aliphatic hydroxyl groups is 2. The predicted octanol–water partition coefficient (Wildman–Crippen LogP) is 0.644. The SMILES string of the molecule is [BH2-]P(=O)(OC[C@H]1O[C@@H](C)[C@@H](O)C1OC(C)C)OC1[C@@H](COC(C)C)O[C@@H](C)[C@H]1O. The molecule has 11 heteroatoms. The van der Waals surface area contributed by atoms with E-state index in [2.05, 4.69) is 0 Å². The van der Waals surface area contributed by atoms with Gasteiger partial charge in [-0.15, -0.1) is 0 Å². The van der Waals surface area contributed by atoms with Crippen molar-refractivity contribution in [3.8, 4) is 0 Å². The van der Waals surface area contributed by atoms with Gasteiger partial charge < -0.3 is 42.8 Å². The third kappa shape index (κ3) is 6.99. The Kier molecular flexibility index (Phi) is 9.16. The molecule has 2 rings (SSSR count). The maximum atomic E-state index is 12.9. The summed E-state index contributed by atoms with van der Waals surface area (Å²) in [6, 6.07) is 0. The van der Waals surface area contributed by atoms with E-state index in [-0.39, 0.29) is 25.4 Å². The molecule has 2 heterocycles. The molecule has 0 aliphatic carbocycles. The lowest BCUT2D eigenvalue weighted by Crippen LogP contribution is -2.39. The second-order valence-electron chi connectivity index (χ2n) is 8.41. The van der Waals surface area contributed by atoms with Crippen LogP contribution in [0.25, 0.3) is 0 Å². The summed E-state index contributed by atoms with van der Waals surface area (Å²) < 4.78 is 46.9. The number of hydrogen-bond donors (Lipinski definition) is 2. The van der Waals surface area contributed by atoms with E-state index in [0.29, 0.717) is 0 Å². The van der Waals surface area contributed by atoms with Crippen molar-refractivity contribution in [1.82, 2.24) is 0 Å². The molecule has 3 unspecified atom stereocenters. The lowest BCUT2D eigenvalue weighted by molar-refractivity contribution is -0.0776. The molecule has 0 spiro atoms. The van der Waals surface area contributed by atoms with Crippen LogP contribution in [0.4, 0.5) is 0 Å². The van der Waals surface area contributed by atoms with Crippen molar-refractivity contribution < 1.29 is 42.8 Å². The Morgan fingerprint density at radius 2 is 1.45 bits per heavy atom. The second-order valence-corrected chi connectivity index (χ2v) is 10.4. The van der Waals surface area contributed by atoms with Crippen LogP contribution in [0, 0.1) is 0 Å². The van der Waals surface area contributed by atoms with Crippen molar-refractivity contribution in [3.05, 3.63) is 0 Å². The highest BCUT2D eigenvalue weighted by molar-refractivity contribution is 7.79. The lowest BCUT2D eigenvalue weighted by Gasteiger charge is -2.31. The highest BCUT2D eigenvalue weighted by atomic mass is 31.2. The van der Waals surface area contributed by atoms with E-state index >= 15 is 0 Å². The minimum Gasteiger partial charge on any atom is -0.388 e. The number of ether oxygens (including phenoxy) is 4. The molecule has 9 nitrogen and oxygen atoms in total.